The zero-order valence-corrected chi connectivity index (χ0v) is 14.7. The largest absolute Gasteiger partial charge is 0.494 e. The quantitative estimate of drug-likeness (QED) is 0.788. The summed E-state index contributed by atoms with van der Waals surface area (Å²) in [6.45, 7) is 5.30. The Hall–Kier alpha value is -1.87. The highest BCUT2D eigenvalue weighted by atomic mass is 16.5. The predicted molar refractivity (Wildman–Crippen MR) is 97.2 cm³/mol. The van der Waals surface area contributed by atoms with Crippen molar-refractivity contribution in [3.05, 3.63) is 59.9 Å². The van der Waals surface area contributed by atoms with Crippen LogP contribution in [0.15, 0.2) is 48.8 Å². The van der Waals surface area contributed by atoms with Crippen molar-refractivity contribution in [2.24, 2.45) is 0 Å². The number of ether oxygens (including phenoxy) is 1. The molecule has 2 heterocycles. The van der Waals surface area contributed by atoms with Crippen LogP contribution in [0.2, 0.25) is 0 Å². The van der Waals surface area contributed by atoms with Gasteiger partial charge in [0.05, 0.1) is 13.2 Å². The summed E-state index contributed by atoms with van der Waals surface area (Å²) in [5.74, 6) is 1.01. The van der Waals surface area contributed by atoms with Crippen LogP contribution >= 0.6 is 0 Å². The van der Waals surface area contributed by atoms with E-state index in [1.165, 1.54) is 43.4 Å². The van der Waals surface area contributed by atoms with Crippen molar-refractivity contribution < 1.29 is 9.64 Å². The van der Waals surface area contributed by atoms with E-state index in [1.54, 1.807) is 4.90 Å². The van der Waals surface area contributed by atoms with Crippen LogP contribution in [0.4, 0.5) is 0 Å². The maximum atomic E-state index is 5.87. The molecule has 3 rings (SSSR count). The molecule has 24 heavy (non-hydrogen) atoms. The summed E-state index contributed by atoms with van der Waals surface area (Å²) in [5, 5.41) is 0. The van der Waals surface area contributed by atoms with E-state index in [2.05, 4.69) is 48.3 Å². The van der Waals surface area contributed by atoms with Crippen LogP contribution in [0.5, 0.6) is 5.75 Å². The molecule has 0 spiro atoms. The second kappa shape index (κ2) is 8.84. The van der Waals surface area contributed by atoms with Gasteiger partial charge in [0.2, 0.25) is 0 Å². The third-order valence-electron chi connectivity index (χ3n) is 4.92. The molecule has 1 unspecified atom stereocenters. The standard InChI is InChI=1S/C21H28N2O/c1-2-3-14-24-20-10-6-8-18(15-20)17-23-13-5-4-11-21(23)19-9-7-12-22-16-19/h6-10,12,15-16,21H,2-5,11,13-14,17H2,1H3/p+1/t21-/m0/s1. The minimum Gasteiger partial charge on any atom is -0.494 e. The summed E-state index contributed by atoms with van der Waals surface area (Å²) >= 11 is 0. The SMILES string of the molecule is CCCCOc1cccc(C[NH+]2CCCC[C@H]2c2cccnc2)c1. The van der Waals surface area contributed by atoms with Crippen LogP contribution in [-0.2, 0) is 6.54 Å². The highest BCUT2D eigenvalue weighted by Crippen LogP contribution is 2.20. The molecule has 1 aromatic heterocycles. The first-order valence-corrected chi connectivity index (χ1v) is 9.33. The van der Waals surface area contributed by atoms with Gasteiger partial charge in [-0.3, -0.25) is 4.98 Å². The molecule has 0 amide bonds. The number of likely N-dealkylation sites (tertiary alicyclic amines) is 1. The lowest BCUT2D eigenvalue weighted by Crippen LogP contribution is -3.11. The van der Waals surface area contributed by atoms with Gasteiger partial charge in [-0.15, -0.1) is 0 Å². The Morgan fingerprint density at radius 3 is 3.00 bits per heavy atom. The van der Waals surface area contributed by atoms with E-state index in [1.807, 2.05) is 12.4 Å². The first-order chi connectivity index (χ1) is 11.9. The van der Waals surface area contributed by atoms with E-state index in [0.717, 1.165) is 25.3 Å². The van der Waals surface area contributed by atoms with E-state index in [9.17, 15) is 0 Å². The second-order valence-corrected chi connectivity index (χ2v) is 6.77. The number of nitrogens with one attached hydrogen (secondary N) is 1. The first kappa shape index (κ1) is 17.0. The van der Waals surface area contributed by atoms with Crippen LogP contribution in [0.3, 0.4) is 0 Å². The highest BCUT2D eigenvalue weighted by Gasteiger charge is 2.27. The van der Waals surface area contributed by atoms with Gasteiger partial charge in [-0.2, -0.15) is 0 Å². The van der Waals surface area contributed by atoms with Gasteiger partial charge in [-0.25, -0.2) is 0 Å². The van der Waals surface area contributed by atoms with Crippen LogP contribution in [0.1, 0.15) is 56.2 Å². The zero-order valence-electron chi connectivity index (χ0n) is 14.7. The van der Waals surface area contributed by atoms with Gasteiger partial charge in [0.25, 0.3) is 0 Å². The Labute approximate surface area is 145 Å². The molecule has 0 aliphatic carbocycles. The van der Waals surface area contributed by atoms with E-state index in [-0.39, 0.29) is 0 Å². The average Bonchev–Trinajstić information content (AvgIpc) is 2.64. The third kappa shape index (κ3) is 4.57. The Bertz CT molecular complexity index is 614. The maximum Gasteiger partial charge on any atom is 0.119 e. The smallest absolute Gasteiger partial charge is 0.119 e. The predicted octanol–water partition coefficient (Wildman–Crippen LogP) is 3.57. The van der Waals surface area contributed by atoms with Crippen molar-refractivity contribution in [3.8, 4) is 5.75 Å². The molecule has 128 valence electrons. The molecule has 1 N–H and O–H groups in total. The highest BCUT2D eigenvalue weighted by molar-refractivity contribution is 5.28. The molecule has 0 saturated carbocycles. The summed E-state index contributed by atoms with van der Waals surface area (Å²) < 4.78 is 5.87. The van der Waals surface area contributed by atoms with Gasteiger partial charge in [-0.05, 0) is 37.5 Å². The van der Waals surface area contributed by atoms with Crippen molar-refractivity contribution in [1.82, 2.24) is 4.98 Å². The minimum absolute atomic E-state index is 0.567. The molecular formula is C21H29N2O+. The number of unbranched alkanes of at least 4 members (excludes halogenated alkanes) is 1. The topological polar surface area (TPSA) is 26.6 Å². The van der Waals surface area contributed by atoms with E-state index in [0.29, 0.717) is 6.04 Å². The lowest BCUT2D eigenvalue weighted by atomic mass is 9.96. The molecule has 1 aliphatic rings. The van der Waals surface area contributed by atoms with Crippen LogP contribution < -0.4 is 9.64 Å². The molecule has 1 aliphatic heterocycles. The van der Waals surface area contributed by atoms with Crippen molar-refractivity contribution in [3.63, 3.8) is 0 Å². The fraction of sp³-hybridized carbons (Fsp3) is 0.476. The molecule has 1 aromatic carbocycles. The van der Waals surface area contributed by atoms with E-state index < -0.39 is 0 Å². The van der Waals surface area contributed by atoms with Crippen molar-refractivity contribution in [1.29, 1.82) is 0 Å². The molecule has 1 fully saturated rings. The molecule has 3 nitrogen and oxygen atoms in total. The summed E-state index contributed by atoms with van der Waals surface area (Å²) in [4.78, 5) is 5.98. The molecule has 0 radical (unpaired) electrons. The lowest BCUT2D eigenvalue weighted by Gasteiger charge is -2.32. The normalized spacial score (nSPS) is 20.7. The molecule has 3 heteroatoms. The summed E-state index contributed by atoms with van der Waals surface area (Å²) in [6, 6.07) is 13.5. The average molecular weight is 325 g/mol. The molecular weight excluding hydrogens is 296 g/mol. The Morgan fingerprint density at radius 1 is 1.21 bits per heavy atom. The van der Waals surface area contributed by atoms with Crippen LogP contribution in [0.25, 0.3) is 0 Å². The molecule has 2 aromatic rings. The second-order valence-electron chi connectivity index (χ2n) is 6.77. The van der Waals surface area contributed by atoms with E-state index >= 15 is 0 Å². The van der Waals surface area contributed by atoms with Gasteiger partial charge in [0.15, 0.2) is 0 Å². The maximum absolute atomic E-state index is 5.87. The lowest BCUT2D eigenvalue weighted by molar-refractivity contribution is -0.950. The fourth-order valence-corrected chi connectivity index (χ4v) is 3.62. The summed E-state index contributed by atoms with van der Waals surface area (Å²) in [7, 11) is 0. The van der Waals surface area contributed by atoms with Gasteiger partial charge in [0, 0.05) is 29.9 Å². The Kier molecular flexibility index (Phi) is 6.25. The van der Waals surface area contributed by atoms with Crippen molar-refractivity contribution >= 4 is 0 Å². The Balaban J connectivity index is 1.68. The number of hydrogen-bond acceptors (Lipinski definition) is 2. The Morgan fingerprint density at radius 2 is 2.17 bits per heavy atom. The number of quaternary nitrogens is 1. The monoisotopic (exact) mass is 325 g/mol. The number of nitrogens with zero attached hydrogens (tertiary/aromatic N) is 1. The van der Waals surface area contributed by atoms with Crippen molar-refractivity contribution in [2.75, 3.05) is 13.2 Å². The zero-order chi connectivity index (χ0) is 16.6. The van der Waals surface area contributed by atoms with Crippen molar-refractivity contribution in [2.45, 2.75) is 51.6 Å². The van der Waals surface area contributed by atoms with Gasteiger partial charge < -0.3 is 9.64 Å². The minimum atomic E-state index is 0.567. The number of rotatable bonds is 7. The van der Waals surface area contributed by atoms with Crippen LogP contribution in [0, 0.1) is 0 Å². The van der Waals surface area contributed by atoms with Gasteiger partial charge in [0.1, 0.15) is 18.3 Å². The molecule has 1 saturated heterocycles. The number of piperidine rings is 1. The summed E-state index contributed by atoms with van der Waals surface area (Å²) in [6.07, 6.45) is 10.1. The third-order valence-corrected chi connectivity index (χ3v) is 4.92. The number of aromatic nitrogens is 1. The van der Waals surface area contributed by atoms with Crippen LogP contribution in [-0.4, -0.2) is 18.1 Å². The number of benzene rings is 1. The van der Waals surface area contributed by atoms with Gasteiger partial charge >= 0.3 is 0 Å². The number of hydrogen-bond donors (Lipinski definition) is 1. The van der Waals surface area contributed by atoms with Gasteiger partial charge in [-0.1, -0.05) is 31.5 Å². The molecule has 0 bridgehead atoms. The summed E-state index contributed by atoms with van der Waals surface area (Å²) in [5.41, 5.74) is 2.75. The molecule has 2 atom stereocenters. The first-order valence-electron chi connectivity index (χ1n) is 9.33. The van der Waals surface area contributed by atoms with E-state index in [4.69, 9.17) is 4.74 Å². The fourth-order valence-electron chi connectivity index (χ4n) is 3.62. The number of pyridine rings is 1.